The fourth-order valence-corrected chi connectivity index (χ4v) is 4.24. The van der Waals surface area contributed by atoms with Gasteiger partial charge in [-0.05, 0) is 36.4 Å². The molecule has 2 aliphatic rings. The fourth-order valence-electron chi connectivity index (χ4n) is 4.12. The van der Waals surface area contributed by atoms with E-state index in [9.17, 15) is 13.2 Å². The van der Waals surface area contributed by atoms with E-state index in [0.717, 1.165) is 11.6 Å². The van der Waals surface area contributed by atoms with Crippen LogP contribution in [0.4, 0.5) is 30.9 Å². The maximum atomic E-state index is 13.5. The summed E-state index contributed by atoms with van der Waals surface area (Å²) in [5, 5.41) is 0.611. The summed E-state index contributed by atoms with van der Waals surface area (Å²) in [6.45, 7) is 4.10. The van der Waals surface area contributed by atoms with E-state index in [-0.39, 0.29) is 5.82 Å². The molecule has 4 heterocycles. The van der Waals surface area contributed by atoms with Crippen LogP contribution in [-0.2, 0) is 10.9 Å². The summed E-state index contributed by atoms with van der Waals surface area (Å²) in [5.74, 6) is 1.50. The maximum absolute atomic E-state index is 13.5. The average Bonchev–Trinajstić information content (AvgIpc) is 2.89. The minimum atomic E-state index is -4.46. The summed E-state index contributed by atoms with van der Waals surface area (Å²) in [6, 6.07) is 9.62. The van der Waals surface area contributed by atoms with Crippen molar-refractivity contribution in [2.24, 2.45) is 0 Å². The van der Waals surface area contributed by atoms with Crippen LogP contribution in [0.5, 0.6) is 0 Å². The first-order valence-corrected chi connectivity index (χ1v) is 11.6. The highest BCUT2D eigenvalue weighted by Crippen LogP contribution is 2.35. The van der Waals surface area contributed by atoms with Crippen molar-refractivity contribution in [3.05, 3.63) is 53.2 Å². The van der Waals surface area contributed by atoms with Gasteiger partial charge in [-0.15, -0.1) is 0 Å². The second-order valence-corrected chi connectivity index (χ2v) is 8.65. The van der Waals surface area contributed by atoms with E-state index in [4.69, 9.17) is 26.3 Å². The Labute approximate surface area is 205 Å². The van der Waals surface area contributed by atoms with Crippen molar-refractivity contribution in [1.82, 2.24) is 19.9 Å². The second-order valence-electron chi connectivity index (χ2n) is 8.21. The Morgan fingerprint density at radius 1 is 0.771 bits per heavy atom. The number of hydrogen-bond acceptors (Lipinski definition) is 8. The number of pyridine rings is 1. The number of rotatable bonds is 4. The summed E-state index contributed by atoms with van der Waals surface area (Å²) in [4.78, 5) is 23.8. The molecule has 8 nitrogen and oxygen atoms in total. The highest BCUT2D eigenvalue weighted by molar-refractivity contribution is 6.30. The van der Waals surface area contributed by atoms with E-state index in [1.54, 1.807) is 17.0 Å². The molecule has 35 heavy (non-hydrogen) atoms. The molecule has 0 bridgehead atoms. The van der Waals surface area contributed by atoms with Gasteiger partial charge in [0.2, 0.25) is 11.9 Å². The number of morpholine rings is 1. The SMILES string of the molecule is FC(F)(F)c1cccnc1N1CCN(c2nc(-c3ccc(Cl)cc3)nc(N3CCOCC3)n2)CC1. The highest BCUT2D eigenvalue weighted by Gasteiger charge is 2.36. The van der Waals surface area contributed by atoms with Crippen LogP contribution in [-0.4, -0.2) is 72.4 Å². The third kappa shape index (κ3) is 5.25. The Kier molecular flexibility index (Phi) is 6.61. The van der Waals surface area contributed by atoms with Gasteiger partial charge in [0.15, 0.2) is 5.82 Å². The molecule has 12 heteroatoms. The molecule has 2 aromatic heterocycles. The number of benzene rings is 1. The third-order valence-corrected chi connectivity index (χ3v) is 6.21. The van der Waals surface area contributed by atoms with Gasteiger partial charge in [-0.1, -0.05) is 11.6 Å². The van der Waals surface area contributed by atoms with E-state index in [2.05, 4.69) is 9.97 Å². The normalized spacial score (nSPS) is 17.1. The van der Waals surface area contributed by atoms with E-state index in [1.165, 1.54) is 12.3 Å². The van der Waals surface area contributed by atoms with Gasteiger partial charge in [-0.25, -0.2) is 4.98 Å². The van der Waals surface area contributed by atoms with Crippen molar-refractivity contribution in [2.45, 2.75) is 6.18 Å². The van der Waals surface area contributed by atoms with E-state index in [1.807, 2.05) is 21.9 Å². The summed E-state index contributed by atoms with van der Waals surface area (Å²) in [5.41, 5.74) is 0.0720. The minimum Gasteiger partial charge on any atom is -0.378 e. The molecule has 2 saturated heterocycles. The van der Waals surface area contributed by atoms with Crippen LogP contribution in [0.1, 0.15) is 5.56 Å². The lowest BCUT2D eigenvalue weighted by Gasteiger charge is -2.36. The van der Waals surface area contributed by atoms with Crippen LogP contribution in [0.25, 0.3) is 11.4 Å². The number of anilines is 3. The molecule has 0 spiro atoms. The van der Waals surface area contributed by atoms with Gasteiger partial charge in [-0.3, -0.25) is 0 Å². The van der Waals surface area contributed by atoms with Crippen LogP contribution in [0.3, 0.4) is 0 Å². The highest BCUT2D eigenvalue weighted by atomic mass is 35.5. The number of halogens is 4. The monoisotopic (exact) mass is 505 g/mol. The number of alkyl halides is 3. The van der Waals surface area contributed by atoms with Gasteiger partial charge < -0.3 is 19.4 Å². The lowest BCUT2D eigenvalue weighted by Crippen LogP contribution is -2.48. The van der Waals surface area contributed by atoms with Crippen LogP contribution < -0.4 is 14.7 Å². The van der Waals surface area contributed by atoms with Crippen LogP contribution in [0, 0.1) is 0 Å². The molecule has 0 amide bonds. The lowest BCUT2D eigenvalue weighted by molar-refractivity contribution is -0.137. The summed E-state index contributed by atoms with van der Waals surface area (Å²) in [6.07, 6.45) is -3.08. The molecule has 0 radical (unpaired) electrons. The van der Waals surface area contributed by atoms with Gasteiger partial charge in [0.25, 0.3) is 0 Å². The standard InChI is InChI=1S/C23H23ClF3N7O/c24-17-5-3-16(4-6-17)19-29-21(31-22(30-19)34-12-14-35-15-13-34)33-10-8-32(9-11-33)20-18(23(25,26)27)2-1-7-28-20/h1-7H,8-15H2. The van der Waals surface area contributed by atoms with Crippen molar-refractivity contribution in [2.75, 3.05) is 67.2 Å². The number of ether oxygens (including phenoxy) is 1. The molecule has 2 fully saturated rings. The van der Waals surface area contributed by atoms with Gasteiger partial charge in [0.1, 0.15) is 5.82 Å². The molecule has 0 aliphatic carbocycles. The van der Waals surface area contributed by atoms with Crippen LogP contribution in [0.15, 0.2) is 42.6 Å². The van der Waals surface area contributed by atoms with Crippen molar-refractivity contribution in [3.8, 4) is 11.4 Å². The lowest BCUT2D eigenvalue weighted by atomic mass is 10.2. The molecule has 0 unspecified atom stereocenters. The average molecular weight is 506 g/mol. The van der Waals surface area contributed by atoms with Crippen LogP contribution >= 0.6 is 11.6 Å². The largest absolute Gasteiger partial charge is 0.419 e. The number of piperazine rings is 1. The Hall–Kier alpha value is -3.18. The number of aromatic nitrogens is 4. The van der Waals surface area contributed by atoms with E-state index in [0.29, 0.717) is 75.2 Å². The minimum absolute atomic E-state index is 0.0499. The molecular formula is C23H23ClF3N7O. The van der Waals surface area contributed by atoms with Crippen molar-refractivity contribution >= 4 is 29.3 Å². The molecule has 3 aromatic rings. The topological polar surface area (TPSA) is 70.5 Å². The Bertz CT molecular complexity index is 1160. The predicted molar refractivity (Wildman–Crippen MR) is 127 cm³/mol. The van der Waals surface area contributed by atoms with E-state index >= 15 is 0 Å². The maximum Gasteiger partial charge on any atom is 0.419 e. The van der Waals surface area contributed by atoms with Gasteiger partial charge in [0.05, 0.1) is 18.8 Å². The Balaban J connectivity index is 1.41. The summed E-state index contributed by atoms with van der Waals surface area (Å²) in [7, 11) is 0. The number of hydrogen-bond donors (Lipinski definition) is 0. The van der Waals surface area contributed by atoms with E-state index < -0.39 is 11.7 Å². The Morgan fingerprint density at radius 2 is 1.37 bits per heavy atom. The zero-order chi connectivity index (χ0) is 24.4. The zero-order valence-electron chi connectivity index (χ0n) is 18.7. The zero-order valence-corrected chi connectivity index (χ0v) is 19.5. The number of nitrogens with zero attached hydrogens (tertiary/aromatic N) is 7. The Morgan fingerprint density at radius 3 is 2.00 bits per heavy atom. The first-order chi connectivity index (χ1) is 16.9. The van der Waals surface area contributed by atoms with Gasteiger partial charge >= 0.3 is 6.18 Å². The van der Waals surface area contributed by atoms with Crippen molar-refractivity contribution in [1.29, 1.82) is 0 Å². The molecule has 1 aromatic carbocycles. The summed E-state index contributed by atoms with van der Waals surface area (Å²) >= 11 is 6.04. The molecule has 2 aliphatic heterocycles. The molecular weight excluding hydrogens is 483 g/mol. The third-order valence-electron chi connectivity index (χ3n) is 5.96. The van der Waals surface area contributed by atoms with Crippen molar-refractivity contribution < 1.29 is 17.9 Å². The first-order valence-electron chi connectivity index (χ1n) is 11.3. The molecule has 0 atom stereocenters. The second kappa shape index (κ2) is 9.82. The van der Waals surface area contributed by atoms with Crippen molar-refractivity contribution in [3.63, 3.8) is 0 Å². The van der Waals surface area contributed by atoms with Gasteiger partial charge in [-0.2, -0.15) is 28.1 Å². The summed E-state index contributed by atoms with van der Waals surface area (Å²) < 4.78 is 45.9. The molecule has 184 valence electrons. The smallest absolute Gasteiger partial charge is 0.378 e. The molecule has 0 N–H and O–H groups in total. The molecule has 0 saturated carbocycles. The predicted octanol–water partition coefficient (Wildman–Crippen LogP) is 3.77. The quantitative estimate of drug-likeness (QED) is 0.531. The first kappa shape index (κ1) is 23.6. The van der Waals surface area contributed by atoms with Crippen LogP contribution in [0.2, 0.25) is 5.02 Å². The molecule has 5 rings (SSSR count). The fraction of sp³-hybridized carbons (Fsp3) is 0.391. The van der Waals surface area contributed by atoms with Gasteiger partial charge in [0, 0.05) is 56.1 Å².